The van der Waals surface area contributed by atoms with Crippen LogP contribution < -0.4 is 5.73 Å². The third-order valence-electron chi connectivity index (χ3n) is 2.29. The molecule has 2 N–H and O–H groups in total. The van der Waals surface area contributed by atoms with Crippen LogP contribution in [0.4, 0.5) is 10.1 Å². The highest BCUT2D eigenvalue weighted by molar-refractivity contribution is 7.98. The lowest BCUT2D eigenvalue weighted by Crippen LogP contribution is -1.86. The molecule has 2 aromatic rings. The molecule has 2 rings (SSSR count). The van der Waals surface area contributed by atoms with E-state index in [0.717, 1.165) is 16.1 Å². The first-order valence-electron chi connectivity index (χ1n) is 5.07. The van der Waals surface area contributed by atoms with Gasteiger partial charge in [0.25, 0.3) is 0 Å². The molecule has 0 aliphatic carbocycles. The molecule has 0 amide bonds. The van der Waals surface area contributed by atoms with Gasteiger partial charge in [0.2, 0.25) is 0 Å². The lowest BCUT2D eigenvalue weighted by molar-refractivity contribution is 0.627. The minimum atomic E-state index is -0.309. The van der Waals surface area contributed by atoms with Crippen molar-refractivity contribution in [2.24, 2.45) is 0 Å². The van der Waals surface area contributed by atoms with Gasteiger partial charge in [-0.2, -0.15) is 0 Å². The molecule has 0 spiro atoms. The van der Waals surface area contributed by atoms with Crippen molar-refractivity contribution in [1.82, 2.24) is 0 Å². The smallest absolute Gasteiger partial charge is 0.124 e. The Labute approximate surface area is 109 Å². The van der Waals surface area contributed by atoms with E-state index in [1.54, 1.807) is 17.8 Å². The summed E-state index contributed by atoms with van der Waals surface area (Å²) in [5.41, 5.74) is 7.27. The number of hydrogen-bond donors (Lipinski definition) is 1. The van der Waals surface area contributed by atoms with E-state index in [0.29, 0.717) is 10.8 Å². The van der Waals surface area contributed by atoms with Crippen LogP contribution in [0.25, 0.3) is 0 Å². The molecule has 0 saturated carbocycles. The Hall–Kier alpha value is -1.19. The summed E-state index contributed by atoms with van der Waals surface area (Å²) < 4.78 is 12.9. The molecule has 0 aromatic heterocycles. The van der Waals surface area contributed by atoms with Crippen molar-refractivity contribution in [2.45, 2.75) is 10.6 Å². The molecule has 2 aromatic carbocycles. The Morgan fingerprint density at radius 2 is 1.82 bits per heavy atom. The average Bonchev–Trinajstić information content (AvgIpc) is 2.30. The van der Waals surface area contributed by atoms with Gasteiger partial charge < -0.3 is 5.73 Å². The van der Waals surface area contributed by atoms with Gasteiger partial charge in [0.05, 0.1) is 0 Å². The highest BCUT2D eigenvalue weighted by Gasteiger charge is 2.03. The number of halogens is 2. The third kappa shape index (κ3) is 3.38. The summed E-state index contributed by atoms with van der Waals surface area (Å²) in [5.74, 6) is 0.402. The predicted octanol–water partition coefficient (Wildman–Crippen LogP) is 4.35. The summed E-state index contributed by atoms with van der Waals surface area (Å²) >= 11 is 7.59. The Morgan fingerprint density at radius 1 is 1.12 bits per heavy atom. The molecule has 0 aliphatic rings. The van der Waals surface area contributed by atoms with E-state index < -0.39 is 0 Å². The maximum Gasteiger partial charge on any atom is 0.124 e. The molecule has 0 saturated heterocycles. The fourth-order valence-corrected chi connectivity index (χ4v) is 2.58. The van der Waals surface area contributed by atoms with Crippen LogP contribution in [-0.2, 0) is 5.75 Å². The van der Waals surface area contributed by atoms with E-state index in [4.69, 9.17) is 17.3 Å². The van der Waals surface area contributed by atoms with E-state index in [1.807, 2.05) is 24.3 Å². The van der Waals surface area contributed by atoms with Gasteiger partial charge in [-0.3, -0.25) is 0 Å². The monoisotopic (exact) mass is 267 g/mol. The van der Waals surface area contributed by atoms with Gasteiger partial charge in [-0.1, -0.05) is 17.7 Å². The van der Waals surface area contributed by atoms with Crippen molar-refractivity contribution >= 4 is 29.1 Å². The average molecular weight is 268 g/mol. The SMILES string of the molecule is Nc1ccc(SCc2ccc(F)cc2Cl)cc1. The zero-order chi connectivity index (χ0) is 12.3. The maximum atomic E-state index is 12.9. The molecule has 0 aliphatic heterocycles. The van der Waals surface area contributed by atoms with E-state index in [-0.39, 0.29) is 5.82 Å². The van der Waals surface area contributed by atoms with E-state index in [2.05, 4.69) is 0 Å². The first kappa shape index (κ1) is 12.3. The van der Waals surface area contributed by atoms with Gasteiger partial charge in [0.1, 0.15) is 5.82 Å². The van der Waals surface area contributed by atoms with Crippen molar-refractivity contribution < 1.29 is 4.39 Å². The molecule has 0 heterocycles. The van der Waals surface area contributed by atoms with Crippen molar-refractivity contribution in [3.63, 3.8) is 0 Å². The van der Waals surface area contributed by atoms with Crippen LogP contribution in [0.15, 0.2) is 47.4 Å². The van der Waals surface area contributed by atoms with Gasteiger partial charge in [0, 0.05) is 21.4 Å². The van der Waals surface area contributed by atoms with Crippen LogP contribution in [0.1, 0.15) is 5.56 Å². The Morgan fingerprint density at radius 3 is 2.47 bits per heavy atom. The second-order valence-corrected chi connectivity index (χ2v) is 5.05. The zero-order valence-electron chi connectivity index (χ0n) is 8.99. The van der Waals surface area contributed by atoms with E-state index in [1.165, 1.54) is 12.1 Å². The molecule has 1 nitrogen and oxygen atoms in total. The number of thioether (sulfide) groups is 1. The number of rotatable bonds is 3. The van der Waals surface area contributed by atoms with Crippen LogP contribution in [0.2, 0.25) is 5.02 Å². The maximum absolute atomic E-state index is 12.9. The molecule has 0 unspecified atom stereocenters. The molecule has 17 heavy (non-hydrogen) atoms. The molecule has 88 valence electrons. The molecular formula is C13H11ClFNS. The Bertz CT molecular complexity index is 513. The Kier molecular flexibility index (Phi) is 3.92. The van der Waals surface area contributed by atoms with Crippen molar-refractivity contribution in [2.75, 3.05) is 5.73 Å². The number of nitrogen functional groups attached to an aromatic ring is 1. The number of benzene rings is 2. The number of nitrogens with two attached hydrogens (primary N) is 1. The summed E-state index contributed by atoms with van der Waals surface area (Å²) in [5, 5.41) is 0.466. The van der Waals surface area contributed by atoms with Gasteiger partial charge >= 0.3 is 0 Å². The second-order valence-electron chi connectivity index (χ2n) is 3.59. The standard InChI is InChI=1S/C13H11ClFNS/c14-13-7-10(15)2-1-9(13)8-17-12-5-3-11(16)4-6-12/h1-7H,8,16H2. The summed E-state index contributed by atoms with van der Waals surface area (Å²) in [7, 11) is 0. The molecule has 4 heteroatoms. The fourth-order valence-electron chi connectivity index (χ4n) is 1.36. The fraction of sp³-hybridized carbons (Fsp3) is 0.0769. The predicted molar refractivity (Wildman–Crippen MR) is 71.8 cm³/mol. The van der Waals surface area contributed by atoms with Crippen LogP contribution >= 0.6 is 23.4 Å². The summed E-state index contributed by atoms with van der Waals surface area (Å²) in [6.07, 6.45) is 0. The summed E-state index contributed by atoms with van der Waals surface area (Å²) in [6, 6.07) is 12.1. The van der Waals surface area contributed by atoms with Crippen LogP contribution in [0.5, 0.6) is 0 Å². The lowest BCUT2D eigenvalue weighted by atomic mass is 10.2. The quantitative estimate of drug-likeness (QED) is 0.661. The van der Waals surface area contributed by atoms with Crippen molar-refractivity contribution in [3.8, 4) is 0 Å². The summed E-state index contributed by atoms with van der Waals surface area (Å²) in [4.78, 5) is 1.11. The molecule has 0 radical (unpaired) electrons. The molecule has 0 fully saturated rings. The third-order valence-corrected chi connectivity index (χ3v) is 3.70. The van der Waals surface area contributed by atoms with Gasteiger partial charge in [-0.25, -0.2) is 4.39 Å². The van der Waals surface area contributed by atoms with Gasteiger partial charge in [0.15, 0.2) is 0 Å². The topological polar surface area (TPSA) is 26.0 Å². The highest BCUT2D eigenvalue weighted by atomic mass is 35.5. The summed E-state index contributed by atoms with van der Waals surface area (Å²) in [6.45, 7) is 0. The first-order valence-corrected chi connectivity index (χ1v) is 6.44. The second kappa shape index (κ2) is 5.43. The molecular weight excluding hydrogens is 257 g/mol. The van der Waals surface area contributed by atoms with Crippen LogP contribution in [0.3, 0.4) is 0 Å². The molecule has 0 atom stereocenters. The van der Waals surface area contributed by atoms with Crippen LogP contribution in [0, 0.1) is 5.82 Å². The minimum Gasteiger partial charge on any atom is -0.399 e. The minimum absolute atomic E-state index is 0.309. The van der Waals surface area contributed by atoms with Crippen molar-refractivity contribution in [1.29, 1.82) is 0 Å². The number of hydrogen-bond acceptors (Lipinski definition) is 2. The van der Waals surface area contributed by atoms with Gasteiger partial charge in [-0.05, 0) is 42.0 Å². The number of anilines is 1. The van der Waals surface area contributed by atoms with E-state index >= 15 is 0 Å². The first-order chi connectivity index (χ1) is 8.15. The van der Waals surface area contributed by atoms with Crippen LogP contribution in [-0.4, -0.2) is 0 Å². The largest absolute Gasteiger partial charge is 0.399 e. The highest BCUT2D eigenvalue weighted by Crippen LogP contribution is 2.27. The zero-order valence-corrected chi connectivity index (χ0v) is 10.6. The molecule has 0 bridgehead atoms. The Balaban J connectivity index is 2.04. The normalized spacial score (nSPS) is 10.5. The van der Waals surface area contributed by atoms with E-state index in [9.17, 15) is 4.39 Å². The van der Waals surface area contributed by atoms with Gasteiger partial charge in [-0.15, -0.1) is 11.8 Å². The van der Waals surface area contributed by atoms with Crippen molar-refractivity contribution in [3.05, 3.63) is 58.9 Å². The lowest BCUT2D eigenvalue weighted by Gasteiger charge is -2.04.